The van der Waals surface area contributed by atoms with Gasteiger partial charge in [0, 0.05) is 31.8 Å². The highest BCUT2D eigenvalue weighted by molar-refractivity contribution is 4.94. The van der Waals surface area contributed by atoms with Gasteiger partial charge in [0.1, 0.15) is 0 Å². The second-order valence-electron chi connectivity index (χ2n) is 7.34. The Balaban J connectivity index is 2.04. The molecule has 0 amide bonds. The molecule has 1 aliphatic carbocycles. The maximum atomic E-state index is 5.62. The summed E-state index contributed by atoms with van der Waals surface area (Å²) in [6.07, 6.45) is 5.22. The second-order valence-corrected chi connectivity index (χ2v) is 7.34. The number of ether oxygens (including phenoxy) is 1. The molecular weight excluding hydrogens is 236 g/mol. The first-order valence-electron chi connectivity index (χ1n) is 8.01. The summed E-state index contributed by atoms with van der Waals surface area (Å²) in [6, 6.07) is 1.36. The predicted molar refractivity (Wildman–Crippen MR) is 80.4 cm³/mol. The highest BCUT2D eigenvalue weighted by Gasteiger charge is 2.37. The Bertz CT molecular complexity index is 266. The lowest BCUT2D eigenvalue weighted by Gasteiger charge is -2.46. The highest BCUT2D eigenvalue weighted by atomic mass is 16.5. The van der Waals surface area contributed by atoms with Crippen molar-refractivity contribution < 1.29 is 4.74 Å². The number of likely N-dealkylation sites (N-methyl/N-ethyl adjacent to an activating group) is 1. The van der Waals surface area contributed by atoms with Crippen LogP contribution in [0.25, 0.3) is 0 Å². The summed E-state index contributed by atoms with van der Waals surface area (Å²) in [6.45, 7) is 11.4. The molecule has 1 aliphatic heterocycles. The molecule has 0 spiro atoms. The van der Waals surface area contributed by atoms with Gasteiger partial charge in [-0.25, -0.2) is 0 Å². The zero-order chi connectivity index (χ0) is 13.9. The Morgan fingerprint density at radius 1 is 1.11 bits per heavy atom. The summed E-state index contributed by atoms with van der Waals surface area (Å²) in [7, 11) is 2.13. The molecule has 2 aliphatic rings. The van der Waals surface area contributed by atoms with Crippen LogP contribution in [0.3, 0.4) is 0 Å². The van der Waals surface area contributed by atoms with E-state index in [9.17, 15) is 0 Å². The van der Waals surface area contributed by atoms with E-state index in [-0.39, 0.29) is 0 Å². The second kappa shape index (κ2) is 6.55. The maximum absolute atomic E-state index is 5.62. The molecule has 3 nitrogen and oxygen atoms in total. The third-order valence-electron chi connectivity index (χ3n) is 5.14. The normalized spacial score (nSPS) is 35.1. The van der Waals surface area contributed by atoms with E-state index in [1.54, 1.807) is 0 Å². The van der Waals surface area contributed by atoms with Gasteiger partial charge in [-0.2, -0.15) is 0 Å². The monoisotopic (exact) mass is 268 g/mol. The molecule has 1 N–H and O–H groups in total. The standard InChI is InChI=1S/C16H32N2O/c1-16(2,3)13-6-7-14(17-4)15(12-13)18-8-5-10-19-11-9-18/h13-15,17H,5-12H2,1-4H3. The first-order valence-corrected chi connectivity index (χ1v) is 8.01. The topological polar surface area (TPSA) is 24.5 Å². The van der Waals surface area contributed by atoms with Crippen LogP contribution in [0.5, 0.6) is 0 Å². The van der Waals surface area contributed by atoms with Crippen molar-refractivity contribution in [3.63, 3.8) is 0 Å². The van der Waals surface area contributed by atoms with Gasteiger partial charge in [0.15, 0.2) is 0 Å². The van der Waals surface area contributed by atoms with E-state index in [1.165, 1.54) is 32.2 Å². The average Bonchev–Trinajstić information content (AvgIpc) is 2.65. The lowest BCUT2D eigenvalue weighted by molar-refractivity contribution is 0.0568. The molecule has 2 fully saturated rings. The van der Waals surface area contributed by atoms with Crippen LogP contribution >= 0.6 is 0 Å². The van der Waals surface area contributed by atoms with Gasteiger partial charge in [-0.1, -0.05) is 20.8 Å². The predicted octanol–water partition coefficient (Wildman–Crippen LogP) is 2.51. The minimum absolute atomic E-state index is 0.444. The van der Waals surface area contributed by atoms with Crippen molar-refractivity contribution in [3.8, 4) is 0 Å². The Morgan fingerprint density at radius 2 is 1.89 bits per heavy atom. The van der Waals surface area contributed by atoms with Crippen LogP contribution in [0.15, 0.2) is 0 Å². The summed E-state index contributed by atoms with van der Waals surface area (Å²) in [5.41, 5.74) is 0.444. The van der Waals surface area contributed by atoms with Gasteiger partial charge in [0.2, 0.25) is 0 Å². The fourth-order valence-corrected chi connectivity index (χ4v) is 3.77. The molecule has 3 atom stereocenters. The molecule has 19 heavy (non-hydrogen) atoms. The molecule has 1 saturated carbocycles. The number of hydrogen-bond acceptors (Lipinski definition) is 3. The molecule has 112 valence electrons. The molecule has 0 aromatic heterocycles. The molecular formula is C16H32N2O. The molecule has 3 heteroatoms. The molecule has 1 saturated heterocycles. The summed E-state index contributed by atoms with van der Waals surface area (Å²) in [4.78, 5) is 2.69. The van der Waals surface area contributed by atoms with Gasteiger partial charge < -0.3 is 10.1 Å². The molecule has 1 heterocycles. The van der Waals surface area contributed by atoms with Crippen molar-refractivity contribution in [1.82, 2.24) is 10.2 Å². The molecule has 3 unspecified atom stereocenters. The average molecular weight is 268 g/mol. The molecule has 0 radical (unpaired) electrons. The summed E-state index contributed by atoms with van der Waals surface area (Å²) in [5.74, 6) is 0.853. The number of nitrogens with one attached hydrogen (secondary N) is 1. The zero-order valence-corrected chi connectivity index (χ0v) is 13.2. The van der Waals surface area contributed by atoms with E-state index < -0.39 is 0 Å². The highest BCUT2D eigenvalue weighted by Crippen LogP contribution is 2.39. The van der Waals surface area contributed by atoms with E-state index in [4.69, 9.17) is 4.74 Å². The van der Waals surface area contributed by atoms with Gasteiger partial charge >= 0.3 is 0 Å². The van der Waals surface area contributed by atoms with Gasteiger partial charge in [0.25, 0.3) is 0 Å². The molecule has 2 rings (SSSR count). The van der Waals surface area contributed by atoms with Crippen molar-refractivity contribution in [2.24, 2.45) is 11.3 Å². The summed E-state index contributed by atoms with van der Waals surface area (Å²) in [5, 5.41) is 3.56. The zero-order valence-electron chi connectivity index (χ0n) is 13.2. The lowest BCUT2D eigenvalue weighted by atomic mass is 9.69. The van der Waals surface area contributed by atoms with Crippen LogP contribution in [0, 0.1) is 11.3 Å². The first kappa shape index (κ1) is 15.3. The quantitative estimate of drug-likeness (QED) is 0.833. The van der Waals surface area contributed by atoms with Gasteiger partial charge in [-0.3, -0.25) is 4.90 Å². The maximum Gasteiger partial charge on any atom is 0.0593 e. The number of nitrogens with zero attached hydrogens (tertiary/aromatic N) is 1. The molecule has 0 aromatic rings. The fourth-order valence-electron chi connectivity index (χ4n) is 3.77. The van der Waals surface area contributed by atoms with Crippen LogP contribution < -0.4 is 5.32 Å². The third-order valence-corrected chi connectivity index (χ3v) is 5.14. The first-order chi connectivity index (χ1) is 9.02. The van der Waals surface area contributed by atoms with E-state index in [0.717, 1.165) is 25.7 Å². The summed E-state index contributed by atoms with van der Waals surface area (Å²) >= 11 is 0. The van der Waals surface area contributed by atoms with E-state index >= 15 is 0 Å². The largest absolute Gasteiger partial charge is 0.380 e. The van der Waals surface area contributed by atoms with Gasteiger partial charge in [-0.05, 0) is 44.1 Å². The third kappa shape index (κ3) is 3.93. The van der Waals surface area contributed by atoms with Crippen LogP contribution in [0.2, 0.25) is 0 Å². The molecule has 0 aromatic carbocycles. The van der Waals surface area contributed by atoms with Crippen molar-refractivity contribution in [3.05, 3.63) is 0 Å². The Kier molecular flexibility index (Phi) is 5.27. The van der Waals surface area contributed by atoms with E-state index in [0.29, 0.717) is 17.5 Å². The van der Waals surface area contributed by atoms with Crippen molar-refractivity contribution in [2.75, 3.05) is 33.4 Å². The Hall–Kier alpha value is -0.120. The Labute approximate surface area is 119 Å². The van der Waals surface area contributed by atoms with Crippen molar-refractivity contribution >= 4 is 0 Å². The minimum Gasteiger partial charge on any atom is -0.380 e. The smallest absolute Gasteiger partial charge is 0.0593 e. The van der Waals surface area contributed by atoms with Crippen LogP contribution in [0.1, 0.15) is 46.5 Å². The fraction of sp³-hybridized carbons (Fsp3) is 1.00. The lowest BCUT2D eigenvalue weighted by Crippen LogP contribution is -2.54. The van der Waals surface area contributed by atoms with Crippen LogP contribution in [0.4, 0.5) is 0 Å². The minimum atomic E-state index is 0.444. The number of rotatable bonds is 2. The van der Waals surface area contributed by atoms with Gasteiger partial charge in [0.05, 0.1) is 6.61 Å². The van der Waals surface area contributed by atoms with Gasteiger partial charge in [-0.15, -0.1) is 0 Å². The van der Waals surface area contributed by atoms with E-state index in [2.05, 4.69) is 38.0 Å². The van der Waals surface area contributed by atoms with Crippen LogP contribution in [-0.2, 0) is 4.74 Å². The van der Waals surface area contributed by atoms with E-state index in [1.807, 2.05) is 0 Å². The summed E-state index contributed by atoms with van der Waals surface area (Å²) < 4.78 is 5.62. The Morgan fingerprint density at radius 3 is 2.58 bits per heavy atom. The van der Waals surface area contributed by atoms with Crippen molar-refractivity contribution in [2.45, 2.75) is 58.5 Å². The molecule has 0 bridgehead atoms. The number of hydrogen-bond donors (Lipinski definition) is 1. The van der Waals surface area contributed by atoms with Crippen molar-refractivity contribution in [1.29, 1.82) is 0 Å². The van der Waals surface area contributed by atoms with Crippen LogP contribution in [-0.4, -0.2) is 50.3 Å². The SMILES string of the molecule is CNC1CCC(C(C)(C)C)CC1N1CCCOCC1.